The van der Waals surface area contributed by atoms with Crippen molar-refractivity contribution in [2.75, 3.05) is 32.9 Å². The molecule has 2 N–H and O–H groups in total. The molecule has 1 aromatic rings. The van der Waals surface area contributed by atoms with Gasteiger partial charge in [0.25, 0.3) is 0 Å². The van der Waals surface area contributed by atoms with E-state index in [1.165, 1.54) is 4.88 Å². The van der Waals surface area contributed by atoms with Crippen molar-refractivity contribution in [1.29, 1.82) is 0 Å². The molecule has 2 heterocycles. The minimum atomic E-state index is 0. The quantitative estimate of drug-likeness (QED) is 0.340. The Hall–Kier alpha value is -0.380. The van der Waals surface area contributed by atoms with Gasteiger partial charge >= 0.3 is 0 Å². The minimum absolute atomic E-state index is 0. The molecule has 0 amide bonds. The predicted molar refractivity (Wildman–Crippen MR) is 117 cm³/mol. The van der Waals surface area contributed by atoms with Gasteiger partial charge in [-0.3, -0.25) is 4.99 Å². The number of hydrogen-bond donors (Lipinski definition) is 2. The van der Waals surface area contributed by atoms with Crippen molar-refractivity contribution >= 4 is 41.3 Å². The Morgan fingerprint density at radius 1 is 1.52 bits per heavy atom. The summed E-state index contributed by atoms with van der Waals surface area (Å²) in [5.41, 5.74) is 0.0391. The number of ether oxygens (including phenoxy) is 2. The molecule has 1 aliphatic heterocycles. The maximum absolute atomic E-state index is 5.88. The van der Waals surface area contributed by atoms with E-state index in [-0.39, 0.29) is 41.5 Å². The number of halogens is 1. The highest BCUT2D eigenvalue weighted by Gasteiger charge is 2.22. The van der Waals surface area contributed by atoms with Gasteiger partial charge in [0.1, 0.15) is 0 Å². The fourth-order valence-electron chi connectivity index (χ4n) is 2.54. The molecule has 2 atom stereocenters. The zero-order valence-corrected chi connectivity index (χ0v) is 18.9. The number of thiophene rings is 1. The summed E-state index contributed by atoms with van der Waals surface area (Å²) in [5.74, 6) is 0.848. The molecule has 1 aromatic heterocycles. The first-order valence-corrected chi connectivity index (χ1v) is 9.67. The maximum atomic E-state index is 5.88. The van der Waals surface area contributed by atoms with Gasteiger partial charge in [-0.15, -0.1) is 35.3 Å². The SMILES string of the molecule is CCNC(=NCC(C)(C)c1cccs1)NC(C)COC1CCOC1.I. The van der Waals surface area contributed by atoms with Crippen molar-refractivity contribution in [1.82, 2.24) is 10.6 Å². The minimum Gasteiger partial charge on any atom is -0.379 e. The molecule has 144 valence electrons. The highest BCUT2D eigenvalue weighted by molar-refractivity contribution is 14.0. The second kappa shape index (κ2) is 11.4. The van der Waals surface area contributed by atoms with Crippen LogP contribution in [-0.2, 0) is 14.9 Å². The molecule has 7 heteroatoms. The average molecular weight is 481 g/mol. The van der Waals surface area contributed by atoms with E-state index in [0.717, 1.165) is 38.7 Å². The summed E-state index contributed by atoms with van der Waals surface area (Å²) in [6, 6.07) is 4.48. The molecular weight excluding hydrogens is 449 g/mol. The second-order valence-electron chi connectivity index (χ2n) is 6.92. The Morgan fingerprint density at radius 3 is 2.92 bits per heavy atom. The highest BCUT2D eigenvalue weighted by Crippen LogP contribution is 2.27. The number of nitrogens with zero attached hydrogens (tertiary/aromatic N) is 1. The highest BCUT2D eigenvalue weighted by atomic mass is 127. The van der Waals surface area contributed by atoms with Crippen LogP contribution in [0.15, 0.2) is 22.5 Å². The molecule has 0 radical (unpaired) electrons. The van der Waals surface area contributed by atoms with Crippen molar-refractivity contribution in [2.45, 2.75) is 51.7 Å². The molecule has 0 aliphatic carbocycles. The van der Waals surface area contributed by atoms with Crippen LogP contribution in [0.4, 0.5) is 0 Å². The lowest BCUT2D eigenvalue weighted by Gasteiger charge is -2.23. The van der Waals surface area contributed by atoms with E-state index in [1.807, 2.05) is 0 Å². The topological polar surface area (TPSA) is 54.9 Å². The van der Waals surface area contributed by atoms with Gasteiger partial charge < -0.3 is 20.1 Å². The van der Waals surface area contributed by atoms with Crippen molar-refractivity contribution in [3.63, 3.8) is 0 Å². The summed E-state index contributed by atoms with van der Waals surface area (Å²) in [7, 11) is 0. The van der Waals surface area contributed by atoms with Gasteiger partial charge in [0, 0.05) is 29.5 Å². The molecule has 1 fully saturated rings. The Balaban J connectivity index is 0.00000312. The van der Waals surface area contributed by atoms with Crippen molar-refractivity contribution in [2.24, 2.45) is 4.99 Å². The zero-order chi connectivity index (χ0) is 17.4. The van der Waals surface area contributed by atoms with Crippen LogP contribution in [0.25, 0.3) is 0 Å². The number of guanidine groups is 1. The van der Waals surface area contributed by atoms with Gasteiger partial charge in [0.05, 0.1) is 25.9 Å². The van der Waals surface area contributed by atoms with E-state index < -0.39 is 0 Å². The fourth-order valence-corrected chi connectivity index (χ4v) is 3.38. The van der Waals surface area contributed by atoms with E-state index in [4.69, 9.17) is 14.5 Å². The number of hydrogen-bond acceptors (Lipinski definition) is 4. The summed E-state index contributed by atoms with van der Waals surface area (Å²) in [5, 5.41) is 8.88. The largest absolute Gasteiger partial charge is 0.379 e. The number of aliphatic imine (C=N–C) groups is 1. The first-order chi connectivity index (χ1) is 11.5. The maximum Gasteiger partial charge on any atom is 0.191 e. The van der Waals surface area contributed by atoms with Crippen LogP contribution in [0.5, 0.6) is 0 Å². The smallest absolute Gasteiger partial charge is 0.191 e. The van der Waals surface area contributed by atoms with E-state index in [2.05, 4.69) is 55.8 Å². The Bertz CT molecular complexity index is 502. The zero-order valence-electron chi connectivity index (χ0n) is 15.7. The molecule has 0 spiro atoms. The van der Waals surface area contributed by atoms with Crippen LogP contribution < -0.4 is 10.6 Å². The summed E-state index contributed by atoms with van der Waals surface area (Å²) < 4.78 is 11.2. The van der Waals surface area contributed by atoms with Gasteiger partial charge in [-0.25, -0.2) is 0 Å². The van der Waals surface area contributed by atoms with Crippen molar-refractivity contribution < 1.29 is 9.47 Å². The molecule has 1 aliphatic rings. The molecule has 5 nitrogen and oxygen atoms in total. The Labute approximate surface area is 173 Å². The third-order valence-corrected chi connectivity index (χ3v) is 5.25. The van der Waals surface area contributed by atoms with E-state index >= 15 is 0 Å². The molecule has 1 saturated heterocycles. The predicted octanol–water partition coefficient (Wildman–Crippen LogP) is 3.39. The van der Waals surface area contributed by atoms with Crippen LogP contribution in [0, 0.1) is 0 Å². The average Bonchev–Trinajstić information content (AvgIpc) is 3.24. The van der Waals surface area contributed by atoms with Crippen molar-refractivity contribution in [3.05, 3.63) is 22.4 Å². The van der Waals surface area contributed by atoms with Crippen LogP contribution in [-0.4, -0.2) is 51.0 Å². The molecule has 0 bridgehead atoms. The molecular formula is C18H32IN3O2S. The monoisotopic (exact) mass is 481 g/mol. The van der Waals surface area contributed by atoms with E-state index in [1.54, 1.807) is 11.3 Å². The first-order valence-electron chi connectivity index (χ1n) is 8.79. The van der Waals surface area contributed by atoms with Gasteiger partial charge in [0.15, 0.2) is 5.96 Å². The lowest BCUT2D eigenvalue weighted by Crippen LogP contribution is -2.45. The van der Waals surface area contributed by atoms with Crippen LogP contribution in [0.3, 0.4) is 0 Å². The Kier molecular flexibility index (Phi) is 10.3. The lowest BCUT2D eigenvalue weighted by molar-refractivity contribution is 0.0347. The van der Waals surface area contributed by atoms with Gasteiger partial charge in [0.2, 0.25) is 0 Å². The summed E-state index contributed by atoms with van der Waals surface area (Å²) >= 11 is 1.79. The first kappa shape index (κ1) is 22.7. The van der Waals surface area contributed by atoms with E-state index in [0.29, 0.717) is 6.61 Å². The van der Waals surface area contributed by atoms with Crippen LogP contribution >= 0.6 is 35.3 Å². The number of rotatable bonds is 8. The molecule has 25 heavy (non-hydrogen) atoms. The standard InChI is InChI=1S/C18H31N3O2S.HI/c1-5-19-17(20-13-18(3,4)16-7-6-10-24-16)21-14(2)11-23-15-8-9-22-12-15;/h6-7,10,14-15H,5,8-9,11-13H2,1-4H3,(H2,19,20,21);1H. The van der Waals surface area contributed by atoms with Gasteiger partial charge in [-0.1, -0.05) is 19.9 Å². The summed E-state index contributed by atoms with van der Waals surface area (Å²) in [4.78, 5) is 6.14. The third kappa shape index (κ3) is 7.80. The van der Waals surface area contributed by atoms with Gasteiger partial charge in [-0.05, 0) is 31.7 Å². The summed E-state index contributed by atoms with van der Waals surface area (Å²) in [6.45, 7) is 12.4. The summed E-state index contributed by atoms with van der Waals surface area (Å²) in [6.07, 6.45) is 1.24. The number of nitrogens with one attached hydrogen (secondary N) is 2. The molecule has 0 aromatic carbocycles. The normalized spacial score (nSPS) is 19.4. The van der Waals surface area contributed by atoms with E-state index in [9.17, 15) is 0 Å². The second-order valence-corrected chi connectivity index (χ2v) is 7.87. The molecule has 0 saturated carbocycles. The lowest BCUT2D eigenvalue weighted by atomic mass is 9.92. The van der Waals surface area contributed by atoms with Crippen molar-refractivity contribution in [3.8, 4) is 0 Å². The van der Waals surface area contributed by atoms with Gasteiger partial charge in [-0.2, -0.15) is 0 Å². The fraction of sp³-hybridized carbons (Fsp3) is 0.722. The molecule has 2 rings (SSSR count). The van der Waals surface area contributed by atoms with Crippen LogP contribution in [0.2, 0.25) is 0 Å². The molecule has 2 unspecified atom stereocenters. The Morgan fingerprint density at radius 2 is 2.32 bits per heavy atom. The third-order valence-electron chi connectivity index (χ3n) is 4.02. The van der Waals surface area contributed by atoms with Crippen LogP contribution in [0.1, 0.15) is 39.0 Å².